The van der Waals surface area contributed by atoms with E-state index in [0.717, 1.165) is 33.1 Å². The van der Waals surface area contributed by atoms with Gasteiger partial charge in [-0.1, -0.05) is 30.3 Å². The minimum atomic E-state index is -0.534. The van der Waals surface area contributed by atoms with Crippen molar-refractivity contribution in [3.05, 3.63) is 71.5 Å². The first-order valence-electron chi connectivity index (χ1n) is 10.1. The van der Waals surface area contributed by atoms with Gasteiger partial charge in [0.25, 0.3) is 0 Å². The van der Waals surface area contributed by atoms with E-state index in [1.807, 2.05) is 48.5 Å². The average molecular weight is 420 g/mol. The largest absolute Gasteiger partial charge is 0.489 e. The topological polar surface area (TPSA) is 93.7 Å². The van der Waals surface area contributed by atoms with Crippen molar-refractivity contribution in [3.63, 3.8) is 0 Å². The van der Waals surface area contributed by atoms with Gasteiger partial charge in [0.1, 0.15) is 12.4 Å². The number of hydrogen-bond acceptors (Lipinski definition) is 6. The predicted octanol–water partition coefficient (Wildman–Crippen LogP) is 3.98. The van der Waals surface area contributed by atoms with Gasteiger partial charge in [-0.05, 0) is 23.8 Å². The Labute approximate surface area is 179 Å². The third kappa shape index (κ3) is 4.52. The number of fused-ring (bicyclic) bond motifs is 3. The molecule has 7 nitrogen and oxygen atoms in total. The molecule has 4 rings (SSSR count). The molecule has 160 valence electrons. The number of pyridine rings is 1. The van der Waals surface area contributed by atoms with Gasteiger partial charge in [-0.25, -0.2) is 9.78 Å². The second-order valence-corrected chi connectivity index (χ2v) is 7.13. The van der Waals surface area contributed by atoms with Crippen LogP contribution in [0.25, 0.3) is 21.8 Å². The molecule has 0 fully saturated rings. The maximum Gasteiger partial charge on any atom is 0.357 e. The molecule has 31 heavy (non-hydrogen) atoms. The third-order valence-electron chi connectivity index (χ3n) is 4.98. The number of benzene rings is 2. The Morgan fingerprint density at radius 1 is 1.10 bits per heavy atom. The number of methoxy groups -OCH3 is 1. The number of rotatable bonds is 9. The van der Waals surface area contributed by atoms with Gasteiger partial charge in [-0.2, -0.15) is 0 Å². The maximum absolute atomic E-state index is 12.6. The van der Waals surface area contributed by atoms with Crippen molar-refractivity contribution < 1.29 is 24.1 Å². The first-order valence-corrected chi connectivity index (χ1v) is 10.1. The Morgan fingerprint density at radius 2 is 1.94 bits per heavy atom. The lowest BCUT2D eigenvalue weighted by Crippen LogP contribution is -2.13. The Kier molecular flexibility index (Phi) is 6.45. The van der Waals surface area contributed by atoms with Gasteiger partial charge in [0.05, 0.1) is 24.9 Å². The number of H-pyrrole nitrogens is 1. The standard InChI is InChI=1S/C24H24N2O5/c1-29-15-19-22-18-12-17(31-14-16-6-3-2-4-7-16)8-9-20(18)26-21(22)13-25-23(19)24(28)30-11-5-10-27/h2-4,6-9,12-13,26-27H,5,10-11,14-15H2,1H3. The molecule has 2 aromatic carbocycles. The number of aliphatic hydroxyl groups excluding tert-OH is 1. The van der Waals surface area contributed by atoms with Crippen LogP contribution < -0.4 is 4.74 Å². The number of nitrogens with zero attached hydrogens (tertiary/aromatic N) is 1. The second kappa shape index (κ2) is 9.59. The van der Waals surface area contributed by atoms with E-state index in [-0.39, 0.29) is 25.5 Å². The van der Waals surface area contributed by atoms with Gasteiger partial charge < -0.3 is 24.3 Å². The molecular weight excluding hydrogens is 396 g/mol. The lowest BCUT2D eigenvalue weighted by molar-refractivity contribution is 0.0470. The van der Waals surface area contributed by atoms with Crippen LogP contribution in [0.1, 0.15) is 28.0 Å². The fraction of sp³-hybridized carbons (Fsp3) is 0.250. The smallest absolute Gasteiger partial charge is 0.357 e. The quantitative estimate of drug-likeness (QED) is 0.314. The molecule has 0 saturated carbocycles. The number of ether oxygens (including phenoxy) is 3. The zero-order chi connectivity index (χ0) is 21.6. The van der Waals surface area contributed by atoms with Crippen molar-refractivity contribution in [2.45, 2.75) is 19.6 Å². The summed E-state index contributed by atoms with van der Waals surface area (Å²) in [4.78, 5) is 20.2. The highest BCUT2D eigenvalue weighted by Crippen LogP contribution is 2.33. The number of carbonyl (C=O) groups is 1. The van der Waals surface area contributed by atoms with Crippen LogP contribution in [-0.4, -0.2) is 41.4 Å². The number of carbonyl (C=O) groups excluding carboxylic acids is 1. The van der Waals surface area contributed by atoms with Crippen molar-refractivity contribution in [1.29, 1.82) is 0 Å². The van der Waals surface area contributed by atoms with Gasteiger partial charge >= 0.3 is 5.97 Å². The fourth-order valence-electron chi connectivity index (χ4n) is 3.53. The SMILES string of the molecule is COCc1c(C(=O)OCCCO)ncc2[nH]c3ccc(OCc4ccccc4)cc3c12. The maximum atomic E-state index is 12.6. The molecule has 2 aromatic heterocycles. The molecule has 0 amide bonds. The summed E-state index contributed by atoms with van der Waals surface area (Å²) in [7, 11) is 1.57. The van der Waals surface area contributed by atoms with E-state index >= 15 is 0 Å². The summed E-state index contributed by atoms with van der Waals surface area (Å²) < 4.78 is 16.6. The minimum Gasteiger partial charge on any atom is -0.489 e. The van der Waals surface area contributed by atoms with Crippen molar-refractivity contribution in [1.82, 2.24) is 9.97 Å². The van der Waals surface area contributed by atoms with Gasteiger partial charge in [0.15, 0.2) is 5.69 Å². The van der Waals surface area contributed by atoms with Crippen LogP contribution in [0.2, 0.25) is 0 Å². The summed E-state index contributed by atoms with van der Waals surface area (Å²) in [6.45, 7) is 0.756. The molecule has 2 N–H and O–H groups in total. The molecule has 0 atom stereocenters. The molecule has 0 bridgehead atoms. The molecule has 4 aromatic rings. The molecule has 0 aliphatic heterocycles. The predicted molar refractivity (Wildman–Crippen MR) is 117 cm³/mol. The Morgan fingerprint density at radius 3 is 2.71 bits per heavy atom. The lowest BCUT2D eigenvalue weighted by Gasteiger charge is -2.10. The van der Waals surface area contributed by atoms with Crippen LogP contribution >= 0.6 is 0 Å². The highest BCUT2D eigenvalue weighted by atomic mass is 16.5. The summed E-state index contributed by atoms with van der Waals surface area (Å²) >= 11 is 0. The number of nitrogens with one attached hydrogen (secondary N) is 1. The van der Waals surface area contributed by atoms with Crippen molar-refractivity contribution in [2.75, 3.05) is 20.3 Å². The van der Waals surface area contributed by atoms with Crippen LogP contribution in [0.3, 0.4) is 0 Å². The van der Waals surface area contributed by atoms with Gasteiger partial charge in [-0.15, -0.1) is 0 Å². The lowest BCUT2D eigenvalue weighted by atomic mass is 10.1. The van der Waals surface area contributed by atoms with E-state index in [2.05, 4.69) is 9.97 Å². The molecule has 0 unspecified atom stereocenters. The average Bonchev–Trinajstić information content (AvgIpc) is 3.17. The summed E-state index contributed by atoms with van der Waals surface area (Å²) in [5.74, 6) is 0.192. The number of aromatic nitrogens is 2. The molecule has 0 aliphatic carbocycles. The first-order chi connectivity index (χ1) is 15.2. The molecular formula is C24H24N2O5. The summed E-state index contributed by atoms with van der Waals surface area (Å²) in [6.07, 6.45) is 2.00. The van der Waals surface area contributed by atoms with E-state index in [1.165, 1.54) is 0 Å². The zero-order valence-electron chi connectivity index (χ0n) is 17.3. The molecule has 7 heteroatoms. The van der Waals surface area contributed by atoms with Crippen molar-refractivity contribution >= 4 is 27.8 Å². The van der Waals surface area contributed by atoms with Crippen LogP contribution in [-0.2, 0) is 22.7 Å². The van der Waals surface area contributed by atoms with Crippen molar-refractivity contribution in [3.8, 4) is 5.75 Å². The number of aromatic amines is 1. The van der Waals surface area contributed by atoms with Gasteiger partial charge in [-0.3, -0.25) is 0 Å². The van der Waals surface area contributed by atoms with E-state index in [9.17, 15) is 4.79 Å². The van der Waals surface area contributed by atoms with Crippen LogP contribution in [0.4, 0.5) is 0 Å². The molecule has 0 saturated heterocycles. The molecule has 0 radical (unpaired) electrons. The normalized spacial score (nSPS) is 11.2. The second-order valence-electron chi connectivity index (χ2n) is 7.13. The van der Waals surface area contributed by atoms with Crippen molar-refractivity contribution in [2.24, 2.45) is 0 Å². The molecule has 0 spiro atoms. The monoisotopic (exact) mass is 420 g/mol. The van der Waals surface area contributed by atoms with E-state index in [4.69, 9.17) is 19.3 Å². The van der Waals surface area contributed by atoms with Crippen LogP contribution in [0.15, 0.2) is 54.7 Å². The van der Waals surface area contributed by atoms with Crippen LogP contribution in [0, 0.1) is 0 Å². The van der Waals surface area contributed by atoms with Crippen LogP contribution in [0.5, 0.6) is 5.75 Å². The van der Waals surface area contributed by atoms with E-state index in [0.29, 0.717) is 18.6 Å². The Bertz CT molecular complexity index is 1190. The van der Waals surface area contributed by atoms with E-state index in [1.54, 1.807) is 13.3 Å². The third-order valence-corrected chi connectivity index (χ3v) is 4.98. The van der Waals surface area contributed by atoms with Gasteiger partial charge in [0, 0.05) is 42.0 Å². The Hall–Kier alpha value is -3.42. The first kappa shape index (κ1) is 20.8. The highest BCUT2D eigenvalue weighted by molar-refractivity contribution is 6.11. The van der Waals surface area contributed by atoms with E-state index < -0.39 is 5.97 Å². The Balaban J connectivity index is 1.72. The van der Waals surface area contributed by atoms with Gasteiger partial charge in [0.2, 0.25) is 0 Å². The molecule has 0 aliphatic rings. The minimum absolute atomic E-state index is 0.0428. The zero-order valence-corrected chi connectivity index (χ0v) is 17.3. The highest BCUT2D eigenvalue weighted by Gasteiger charge is 2.20. The number of esters is 1. The number of hydrogen-bond donors (Lipinski definition) is 2. The fourth-order valence-corrected chi connectivity index (χ4v) is 3.53. The summed E-state index contributed by atoms with van der Waals surface area (Å²) in [5.41, 5.74) is 3.66. The molecule has 2 heterocycles. The number of aliphatic hydroxyl groups is 1. The summed E-state index contributed by atoms with van der Waals surface area (Å²) in [5, 5.41) is 10.7. The summed E-state index contributed by atoms with van der Waals surface area (Å²) in [6, 6.07) is 15.8.